The van der Waals surface area contributed by atoms with E-state index in [1.165, 1.54) is 38.1 Å². The number of carbonyl (C=O) groups is 1. The summed E-state index contributed by atoms with van der Waals surface area (Å²) in [4.78, 5) is 12.0. The molecule has 0 atom stereocenters. The van der Waals surface area contributed by atoms with Gasteiger partial charge in [-0.25, -0.2) is 22.3 Å². The number of hydrogen-bond donors (Lipinski definition) is 1. The Labute approximate surface area is 149 Å². The topological polar surface area (TPSA) is 86.5 Å². The summed E-state index contributed by atoms with van der Waals surface area (Å²) in [6.45, 7) is 3.02. The first-order valence-electron chi connectivity index (χ1n) is 7.58. The first-order valence-corrected chi connectivity index (χ1v) is 9.13. The zero-order valence-electron chi connectivity index (χ0n) is 13.9. The van der Waals surface area contributed by atoms with Gasteiger partial charge in [0.15, 0.2) is 5.60 Å². The van der Waals surface area contributed by atoms with Gasteiger partial charge in [-0.2, -0.15) is 0 Å². The predicted octanol–water partition coefficient (Wildman–Crippen LogP) is 2.86. The molecule has 0 unspecified atom stereocenters. The molecule has 0 aliphatic carbocycles. The van der Waals surface area contributed by atoms with Gasteiger partial charge in [0.1, 0.15) is 22.3 Å². The fourth-order valence-corrected chi connectivity index (χ4v) is 3.33. The van der Waals surface area contributed by atoms with E-state index in [9.17, 15) is 22.0 Å². The smallest absolute Gasteiger partial charge is 0.240 e. The molecule has 5 nitrogen and oxygen atoms in total. The number of benzene rings is 2. The van der Waals surface area contributed by atoms with Crippen molar-refractivity contribution in [3.63, 3.8) is 0 Å². The molecule has 0 fully saturated rings. The Bertz CT molecular complexity index is 1060. The second-order valence-electron chi connectivity index (χ2n) is 6.32. The highest BCUT2D eigenvalue weighted by Gasteiger charge is 2.43. The number of primary sulfonamides is 1. The third-order valence-corrected chi connectivity index (χ3v) is 4.95. The first kappa shape index (κ1) is 18.2. The molecule has 0 amide bonds. The van der Waals surface area contributed by atoms with Crippen LogP contribution in [0.15, 0.2) is 47.4 Å². The van der Waals surface area contributed by atoms with Crippen molar-refractivity contribution in [2.75, 3.05) is 0 Å². The van der Waals surface area contributed by atoms with Gasteiger partial charge in [-0.05, 0) is 38.1 Å². The molecule has 136 valence electrons. The Morgan fingerprint density at radius 1 is 1.04 bits per heavy atom. The van der Waals surface area contributed by atoms with Crippen molar-refractivity contribution >= 4 is 27.1 Å². The molecule has 26 heavy (non-hydrogen) atoms. The summed E-state index contributed by atoms with van der Waals surface area (Å²) in [5.41, 5.74) is -1.18. The molecule has 1 aliphatic heterocycles. The van der Waals surface area contributed by atoms with E-state index >= 15 is 0 Å². The predicted molar refractivity (Wildman–Crippen MR) is 91.2 cm³/mol. The Morgan fingerprint density at radius 3 is 2.27 bits per heavy atom. The molecule has 1 heterocycles. The standard InChI is InChI=1S/C18H15F2NO4S/c1-18(2)17(22)15(11-5-3-4-6-12(11)19)16(25-18)10-7-8-14(13(20)9-10)26(21,23)24/h3-9H,1-2H3,(H2,21,23,24). The lowest BCUT2D eigenvalue weighted by Crippen LogP contribution is -2.29. The monoisotopic (exact) mass is 379 g/mol. The lowest BCUT2D eigenvalue weighted by molar-refractivity contribution is -0.125. The van der Waals surface area contributed by atoms with E-state index in [0.29, 0.717) is 0 Å². The van der Waals surface area contributed by atoms with E-state index < -0.39 is 37.9 Å². The Kier molecular flexibility index (Phi) is 4.20. The van der Waals surface area contributed by atoms with Crippen LogP contribution in [0.1, 0.15) is 25.0 Å². The molecule has 0 saturated heterocycles. The van der Waals surface area contributed by atoms with E-state index in [-0.39, 0.29) is 22.5 Å². The molecule has 1 aliphatic rings. The van der Waals surface area contributed by atoms with Crippen molar-refractivity contribution in [3.8, 4) is 0 Å². The summed E-state index contributed by atoms with van der Waals surface area (Å²) in [6, 6.07) is 8.78. The Balaban J connectivity index is 2.25. The largest absolute Gasteiger partial charge is 0.478 e. The van der Waals surface area contributed by atoms with Crippen LogP contribution in [0.4, 0.5) is 8.78 Å². The van der Waals surface area contributed by atoms with Crippen molar-refractivity contribution in [1.29, 1.82) is 0 Å². The average Bonchev–Trinajstić information content (AvgIpc) is 2.77. The molecule has 2 aromatic rings. The van der Waals surface area contributed by atoms with Gasteiger partial charge in [0.2, 0.25) is 15.8 Å². The summed E-state index contributed by atoms with van der Waals surface area (Å²) < 4.78 is 56.8. The maximum atomic E-state index is 14.2. The van der Waals surface area contributed by atoms with Gasteiger partial charge in [0, 0.05) is 11.1 Å². The van der Waals surface area contributed by atoms with Crippen LogP contribution in [-0.2, 0) is 19.6 Å². The zero-order valence-corrected chi connectivity index (χ0v) is 14.7. The maximum absolute atomic E-state index is 14.2. The highest BCUT2D eigenvalue weighted by molar-refractivity contribution is 7.89. The normalized spacial score (nSPS) is 16.7. The van der Waals surface area contributed by atoms with Crippen LogP contribution in [0.25, 0.3) is 11.3 Å². The van der Waals surface area contributed by atoms with Crippen LogP contribution in [0.2, 0.25) is 0 Å². The number of carbonyl (C=O) groups excluding carboxylic acids is 1. The van der Waals surface area contributed by atoms with Crippen LogP contribution in [0, 0.1) is 11.6 Å². The number of halogens is 2. The highest BCUT2D eigenvalue weighted by Crippen LogP contribution is 2.42. The average molecular weight is 379 g/mol. The minimum atomic E-state index is -4.24. The molecule has 2 aromatic carbocycles. The fraction of sp³-hybridized carbons (Fsp3) is 0.167. The van der Waals surface area contributed by atoms with E-state index in [4.69, 9.17) is 9.88 Å². The lowest BCUT2D eigenvalue weighted by atomic mass is 9.92. The van der Waals surface area contributed by atoms with Gasteiger partial charge in [-0.15, -0.1) is 0 Å². The molecule has 0 radical (unpaired) electrons. The van der Waals surface area contributed by atoms with E-state index in [1.807, 2.05) is 0 Å². The van der Waals surface area contributed by atoms with Gasteiger partial charge in [0.05, 0.1) is 5.57 Å². The van der Waals surface area contributed by atoms with Crippen molar-refractivity contribution in [2.24, 2.45) is 5.14 Å². The van der Waals surface area contributed by atoms with Crippen LogP contribution in [0.5, 0.6) is 0 Å². The molecule has 0 aromatic heterocycles. The summed E-state index contributed by atoms with van der Waals surface area (Å²) in [5, 5.41) is 4.95. The summed E-state index contributed by atoms with van der Waals surface area (Å²) >= 11 is 0. The maximum Gasteiger partial charge on any atom is 0.240 e. The number of hydrogen-bond acceptors (Lipinski definition) is 4. The van der Waals surface area contributed by atoms with Crippen molar-refractivity contribution in [3.05, 3.63) is 65.2 Å². The minimum absolute atomic E-state index is 0.0222. The molecule has 3 rings (SSSR count). The Hall–Kier alpha value is -2.58. The highest BCUT2D eigenvalue weighted by atomic mass is 32.2. The van der Waals surface area contributed by atoms with Gasteiger partial charge in [-0.1, -0.05) is 18.2 Å². The third kappa shape index (κ3) is 3.02. The summed E-state index contributed by atoms with van der Waals surface area (Å²) in [7, 11) is -4.24. The first-order chi connectivity index (χ1) is 12.0. The number of nitrogens with two attached hydrogens (primary N) is 1. The number of sulfonamides is 1. The van der Waals surface area contributed by atoms with Gasteiger partial charge in [-0.3, -0.25) is 4.79 Å². The van der Waals surface area contributed by atoms with Crippen LogP contribution < -0.4 is 5.14 Å². The van der Waals surface area contributed by atoms with Crippen molar-refractivity contribution in [2.45, 2.75) is 24.3 Å². The summed E-state index contributed by atoms with van der Waals surface area (Å²) in [5.74, 6) is -2.21. The molecule has 0 saturated carbocycles. The molecular formula is C18H15F2NO4S. The van der Waals surface area contributed by atoms with E-state index in [2.05, 4.69) is 0 Å². The van der Waals surface area contributed by atoms with Crippen LogP contribution in [0.3, 0.4) is 0 Å². The molecule has 0 spiro atoms. The second-order valence-corrected chi connectivity index (χ2v) is 7.85. The number of ketones is 1. The fourth-order valence-electron chi connectivity index (χ4n) is 2.74. The minimum Gasteiger partial charge on any atom is -0.478 e. The quantitative estimate of drug-likeness (QED) is 0.888. The number of Topliss-reactive ketones (excluding diaryl/α,β-unsaturated/α-hetero) is 1. The van der Waals surface area contributed by atoms with Gasteiger partial charge in [0.25, 0.3) is 0 Å². The second kappa shape index (κ2) is 6.00. The number of rotatable bonds is 3. The molecule has 2 N–H and O–H groups in total. The number of ether oxygens (including phenoxy) is 1. The lowest BCUT2D eigenvalue weighted by Gasteiger charge is -2.18. The third-order valence-electron chi connectivity index (χ3n) is 4.00. The Morgan fingerprint density at radius 2 is 1.69 bits per heavy atom. The SMILES string of the molecule is CC1(C)OC(c2ccc(S(N)(=O)=O)c(F)c2)=C(c2ccccc2F)C1=O. The van der Waals surface area contributed by atoms with Gasteiger partial charge < -0.3 is 4.74 Å². The molecular weight excluding hydrogens is 364 g/mol. The van der Waals surface area contributed by atoms with Crippen molar-refractivity contribution in [1.82, 2.24) is 0 Å². The van der Waals surface area contributed by atoms with E-state index in [1.54, 1.807) is 6.07 Å². The van der Waals surface area contributed by atoms with Crippen LogP contribution in [-0.4, -0.2) is 19.8 Å². The zero-order chi connectivity index (χ0) is 19.3. The van der Waals surface area contributed by atoms with Crippen molar-refractivity contribution < 1.29 is 26.7 Å². The molecule has 8 heteroatoms. The molecule has 0 bridgehead atoms. The summed E-state index contributed by atoms with van der Waals surface area (Å²) in [6.07, 6.45) is 0. The van der Waals surface area contributed by atoms with E-state index in [0.717, 1.165) is 12.1 Å². The van der Waals surface area contributed by atoms with Gasteiger partial charge >= 0.3 is 0 Å². The van der Waals surface area contributed by atoms with Crippen LogP contribution >= 0.6 is 0 Å².